The van der Waals surface area contributed by atoms with Crippen LogP contribution in [0.4, 0.5) is 5.69 Å². The lowest BCUT2D eigenvalue weighted by Gasteiger charge is -2.10. The van der Waals surface area contributed by atoms with E-state index in [1.165, 1.54) is 0 Å². The Morgan fingerprint density at radius 2 is 1.46 bits per heavy atom. The van der Waals surface area contributed by atoms with Gasteiger partial charge in [0.1, 0.15) is 0 Å². The van der Waals surface area contributed by atoms with E-state index in [1.807, 2.05) is 41.1 Å². The number of nitrogens with zero attached hydrogens (tertiary/aromatic N) is 2. The molecular formula is C23H17N3O2. The number of hydrogen-bond acceptors (Lipinski definition) is 3. The summed E-state index contributed by atoms with van der Waals surface area (Å²) in [5, 5.41) is 2.86. The van der Waals surface area contributed by atoms with E-state index in [9.17, 15) is 9.59 Å². The molecule has 136 valence electrons. The van der Waals surface area contributed by atoms with Crippen molar-refractivity contribution in [3.8, 4) is 5.69 Å². The lowest BCUT2D eigenvalue weighted by Crippen LogP contribution is -2.17. The summed E-state index contributed by atoms with van der Waals surface area (Å²) >= 11 is 0. The van der Waals surface area contributed by atoms with Gasteiger partial charge in [0.15, 0.2) is 5.78 Å². The van der Waals surface area contributed by atoms with Gasteiger partial charge >= 0.3 is 0 Å². The number of hydrogen-bond donors (Lipinski definition) is 1. The van der Waals surface area contributed by atoms with Gasteiger partial charge in [-0.1, -0.05) is 48.5 Å². The molecule has 28 heavy (non-hydrogen) atoms. The highest BCUT2D eigenvalue weighted by Gasteiger charge is 2.18. The molecule has 0 bridgehead atoms. The first-order valence-electron chi connectivity index (χ1n) is 8.81. The first-order chi connectivity index (χ1) is 13.7. The Balaban J connectivity index is 1.56. The number of benzene rings is 3. The zero-order valence-corrected chi connectivity index (χ0v) is 14.9. The fourth-order valence-corrected chi connectivity index (χ4v) is 2.95. The SMILES string of the molecule is O=C(Nc1ccc(-n2ccnc2)cc1)c1ccccc1C(=O)c1ccccc1. The highest BCUT2D eigenvalue weighted by atomic mass is 16.2. The first kappa shape index (κ1) is 17.4. The molecule has 0 radical (unpaired) electrons. The van der Waals surface area contributed by atoms with Gasteiger partial charge < -0.3 is 9.88 Å². The molecule has 1 amide bonds. The van der Waals surface area contributed by atoms with Gasteiger partial charge in [-0.05, 0) is 30.3 Å². The van der Waals surface area contributed by atoms with Crippen molar-refractivity contribution in [3.63, 3.8) is 0 Å². The molecule has 0 aliphatic rings. The Kier molecular flexibility index (Phi) is 4.80. The molecule has 4 aromatic rings. The topological polar surface area (TPSA) is 64.0 Å². The second kappa shape index (κ2) is 7.72. The van der Waals surface area contributed by atoms with E-state index in [4.69, 9.17) is 0 Å². The van der Waals surface area contributed by atoms with Gasteiger partial charge in [-0.2, -0.15) is 0 Å². The van der Waals surface area contributed by atoms with Crippen molar-refractivity contribution in [2.24, 2.45) is 0 Å². The number of aromatic nitrogens is 2. The highest BCUT2D eigenvalue weighted by Crippen LogP contribution is 2.18. The summed E-state index contributed by atoms with van der Waals surface area (Å²) in [5.41, 5.74) is 2.86. The van der Waals surface area contributed by atoms with Crippen LogP contribution in [0.3, 0.4) is 0 Å². The molecule has 4 rings (SSSR count). The van der Waals surface area contributed by atoms with Crippen LogP contribution in [0.15, 0.2) is 97.6 Å². The smallest absolute Gasteiger partial charge is 0.256 e. The summed E-state index contributed by atoms with van der Waals surface area (Å²) in [5.74, 6) is -0.503. The molecule has 0 aliphatic heterocycles. The normalized spacial score (nSPS) is 10.4. The first-order valence-corrected chi connectivity index (χ1v) is 8.81. The van der Waals surface area contributed by atoms with E-state index in [-0.39, 0.29) is 11.7 Å². The van der Waals surface area contributed by atoms with Crippen LogP contribution in [0.2, 0.25) is 0 Å². The van der Waals surface area contributed by atoms with E-state index in [2.05, 4.69) is 10.3 Å². The largest absolute Gasteiger partial charge is 0.322 e. The third kappa shape index (κ3) is 3.59. The molecule has 1 aromatic heterocycles. The van der Waals surface area contributed by atoms with Crippen LogP contribution in [0.5, 0.6) is 0 Å². The van der Waals surface area contributed by atoms with Crippen molar-refractivity contribution in [2.45, 2.75) is 0 Å². The maximum absolute atomic E-state index is 12.8. The molecule has 0 atom stereocenters. The quantitative estimate of drug-likeness (QED) is 0.533. The molecule has 0 saturated carbocycles. The van der Waals surface area contributed by atoms with Gasteiger partial charge in [0, 0.05) is 34.9 Å². The van der Waals surface area contributed by atoms with Crippen molar-refractivity contribution in [1.82, 2.24) is 9.55 Å². The molecule has 3 aromatic carbocycles. The third-order valence-electron chi connectivity index (χ3n) is 4.38. The maximum Gasteiger partial charge on any atom is 0.256 e. The number of anilines is 1. The van der Waals surface area contributed by atoms with Crippen LogP contribution in [0.1, 0.15) is 26.3 Å². The molecule has 1 N–H and O–H groups in total. The van der Waals surface area contributed by atoms with Crippen LogP contribution >= 0.6 is 0 Å². The van der Waals surface area contributed by atoms with Crippen LogP contribution in [-0.2, 0) is 0 Å². The summed E-state index contributed by atoms with van der Waals surface area (Å²) in [4.78, 5) is 29.6. The lowest BCUT2D eigenvalue weighted by molar-refractivity contribution is 0.0996. The van der Waals surface area contributed by atoms with Gasteiger partial charge in [-0.25, -0.2) is 4.98 Å². The fourth-order valence-electron chi connectivity index (χ4n) is 2.95. The van der Waals surface area contributed by atoms with Crippen LogP contribution in [-0.4, -0.2) is 21.2 Å². The van der Waals surface area contributed by atoms with E-state index in [0.717, 1.165) is 5.69 Å². The van der Waals surface area contributed by atoms with Gasteiger partial charge in [-0.3, -0.25) is 9.59 Å². The van der Waals surface area contributed by atoms with Gasteiger partial charge in [-0.15, -0.1) is 0 Å². The predicted octanol–water partition coefficient (Wildman–Crippen LogP) is 4.36. The molecule has 1 heterocycles. The summed E-state index contributed by atoms with van der Waals surface area (Å²) in [6, 6.07) is 23.2. The molecule has 0 aliphatic carbocycles. The second-order valence-corrected chi connectivity index (χ2v) is 6.21. The predicted molar refractivity (Wildman–Crippen MR) is 108 cm³/mol. The van der Waals surface area contributed by atoms with Crippen molar-refractivity contribution in [2.75, 3.05) is 5.32 Å². The second-order valence-electron chi connectivity index (χ2n) is 6.21. The average molecular weight is 367 g/mol. The van der Waals surface area contributed by atoms with E-state index >= 15 is 0 Å². The van der Waals surface area contributed by atoms with Gasteiger partial charge in [0.2, 0.25) is 0 Å². The third-order valence-corrected chi connectivity index (χ3v) is 4.38. The standard InChI is InChI=1S/C23H17N3O2/c27-22(17-6-2-1-3-7-17)20-8-4-5-9-21(20)23(28)25-18-10-12-19(13-11-18)26-15-14-24-16-26/h1-16H,(H,25,28). The summed E-state index contributed by atoms with van der Waals surface area (Å²) in [6.07, 6.45) is 5.26. The van der Waals surface area contributed by atoms with Crippen LogP contribution in [0, 0.1) is 0 Å². The summed E-state index contributed by atoms with van der Waals surface area (Å²) in [6.45, 7) is 0. The Morgan fingerprint density at radius 3 is 2.14 bits per heavy atom. The van der Waals surface area contributed by atoms with Crippen molar-refractivity contribution in [3.05, 3.63) is 114 Å². The number of carbonyl (C=O) groups excluding carboxylic acids is 2. The van der Waals surface area contributed by atoms with E-state index in [1.54, 1.807) is 61.1 Å². The molecular weight excluding hydrogens is 350 g/mol. The number of amides is 1. The molecule has 0 spiro atoms. The Morgan fingerprint density at radius 1 is 0.786 bits per heavy atom. The number of ketones is 1. The van der Waals surface area contributed by atoms with Crippen molar-refractivity contribution < 1.29 is 9.59 Å². The molecule has 0 saturated heterocycles. The molecule has 0 fully saturated rings. The monoisotopic (exact) mass is 367 g/mol. The number of rotatable bonds is 5. The van der Waals surface area contributed by atoms with E-state index < -0.39 is 0 Å². The number of imidazole rings is 1. The van der Waals surface area contributed by atoms with Gasteiger partial charge in [0.25, 0.3) is 5.91 Å². The Bertz CT molecular complexity index is 1100. The molecule has 0 unspecified atom stereocenters. The minimum absolute atomic E-state index is 0.179. The van der Waals surface area contributed by atoms with Crippen LogP contribution < -0.4 is 5.32 Å². The van der Waals surface area contributed by atoms with Gasteiger partial charge in [0.05, 0.1) is 11.9 Å². The van der Waals surface area contributed by atoms with Crippen molar-refractivity contribution >= 4 is 17.4 Å². The highest BCUT2D eigenvalue weighted by molar-refractivity contribution is 6.17. The fraction of sp³-hybridized carbons (Fsp3) is 0. The molecule has 5 nitrogen and oxygen atoms in total. The van der Waals surface area contributed by atoms with Crippen molar-refractivity contribution in [1.29, 1.82) is 0 Å². The Hall–Kier alpha value is -3.99. The maximum atomic E-state index is 12.8. The van der Waals surface area contributed by atoms with E-state index in [0.29, 0.717) is 22.4 Å². The lowest BCUT2D eigenvalue weighted by atomic mass is 9.98. The number of carbonyl (C=O) groups is 2. The average Bonchev–Trinajstić information content (AvgIpc) is 3.29. The zero-order chi connectivity index (χ0) is 19.3. The summed E-state index contributed by atoms with van der Waals surface area (Å²) < 4.78 is 1.87. The number of nitrogens with one attached hydrogen (secondary N) is 1. The minimum atomic E-state index is -0.324. The zero-order valence-electron chi connectivity index (χ0n) is 14.9. The Labute approximate surface area is 162 Å². The molecule has 5 heteroatoms. The summed E-state index contributed by atoms with van der Waals surface area (Å²) in [7, 11) is 0. The minimum Gasteiger partial charge on any atom is -0.322 e. The van der Waals surface area contributed by atoms with Crippen LogP contribution in [0.25, 0.3) is 5.69 Å².